The molecule has 0 spiro atoms. The smallest absolute Gasteiger partial charge is 0.301 e. The van der Waals surface area contributed by atoms with Gasteiger partial charge < -0.3 is 14.9 Å². The lowest BCUT2D eigenvalue weighted by atomic mass is 10.4. The Morgan fingerprint density at radius 2 is 2.08 bits per heavy atom. The molecule has 0 bridgehead atoms. The Balaban J connectivity index is 3.04. The van der Waals surface area contributed by atoms with E-state index in [-0.39, 0.29) is 19.8 Å². The predicted octanol–water partition coefficient (Wildman–Crippen LogP) is -1.10. The van der Waals surface area contributed by atoms with Crippen LogP contribution in [0.25, 0.3) is 0 Å². The Bertz CT molecular complexity index is 141. The first-order valence-electron chi connectivity index (χ1n) is 3.77. The van der Waals surface area contributed by atoms with Gasteiger partial charge in [-0.15, -0.1) is 0 Å². The largest absolute Gasteiger partial charge is 0.394 e. The first-order valence-corrected chi connectivity index (χ1v) is 4.80. The van der Waals surface area contributed by atoms with Crippen LogP contribution in [0.4, 0.5) is 0 Å². The van der Waals surface area contributed by atoms with Crippen LogP contribution in [0.1, 0.15) is 6.42 Å². The molecular weight excluding hydrogens is 200 g/mol. The number of aliphatic hydroxyl groups is 2. The van der Waals surface area contributed by atoms with Gasteiger partial charge in [0.15, 0.2) is 0 Å². The first-order chi connectivity index (χ1) is 6.16. The Kier molecular flexibility index (Phi) is 8.51. The van der Waals surface area contributed by atoms with Crippen molar-refractivity contribution in [3.05, 3.63) is 0 Å². The van der Waals surface area contributed by atoms with Crippen molar-refractivity contribution in [2.24, 2.45) is 0 Å². The number of aliphatic hydroxyl groups excluding tert-OH is 2. The van der Waals surface area contributed by atoms with Gasteiger partial charge >= 0.3 is 11.4 Å². The molecule has 0 amide bonds. The van der Waals surface area contributed by atoms with Gasteiger partial charge in [0.2, 0.25) is 0 Å². The van der Waals surface area contributed by atoms with Crippen LogP contribution < -0.4 is 0 Å². The molecular formula is C6H14O6S. The molecule has 0 rings (SSSR count). The number of rotatable bonds is 8. The fourth-order valence-electron chi connectivity index (χ4n) is 0.563. The minimum Gasteiger partial charge on any atom is -0.394 e. The summed E-state index contributed by atoms with van der Waals surface area (Å²) in [5.41, 5.74) is 0. The highest BCUT2D eigenvalue weighted by molar-refractivity contribution is 7.74. The summed E-state index contributed by atoms with van der Waals surface area (Å²) in [5, 5.41) is 17.2. The van der Waals surface area contributed by atoms with E-state index in [0.717, 1.165) is 0 Å². The van der Waals surface area contributed by atoms with Gasteiger partial charge in [0.25, 0.3) is 0 Å². The van der Waals surface area contributed by atoms with E-state index in [1.165, 1.54) is 0 Å². The maximum Gasteiger partial charge on any atom is 0.301 e. The van der Waals surface area contributed by atoms with Crippen molar-refractivity contribution >= 4 is 11.4 Å². The zero-order chi connectivity index (χ0) is 10.1. The summed E-state index contributed by atoms with van der Waals surface area (Å²) in [6.07, 6.45) is -0.405. The molecule has 0 aliphatic carbocycles. The van der Waals surface area contributed by atoms with E-state index in [9.17, 15) is 4.21 Å². The zero-order valence-corrected chi connectivity index (χ0v) is 7.90. The fraction of sp³-hybridized carbons (Fsp3) is 1.00. The van der Waals surface area contributed by atoms with E-state index in [4.69, 9.17) is 19.5 Å². The number of hydrogen-bond donors (Lipinski definition) is 3. The number of hydrogen-bond acceptors (Lipinski definition) is 5. The Morgan fingerprint density at radius 3 is 2.62 bits per heavy atom. The van der Waals surface area contributed by atoms with Crippen LogP contribution in [-0.2, 0) is 20.3 Å². The second-order valence-corrected chi connectivity index (χ2v) is 2.97. The van der Waals surface area contributed by atoms with Crippen molar-refractivity contribution in [1.29, 1.82) is 0 Å². The van der Waals surface area contributed by atoms with E-state index in [2.05, 4.69) is 4.18 Å². The van der Waals surface area contributed by atoms with Crippen molar-refractivity contribution in [3.63, 3.8) is 0 Å². The highest BCUT2D eigenvalue weighted by Crippen LogP contribution is 1.89. The average Bonchev–Trinajstić information content (AvgIpc) is 2.10. The van der Waals surface area contributed by atoms with Crippen molar-refractivity contribution in [2.45, 2.75) is 12.5 Å². The quantitative estimate of drug-likeness (QED) is 0.350. The molecule has 6 nitrogen and oxygen atoms in total. The lowest BCUT2D eigenvalue weighted by molar-refractivity contribution is 0.00366. The van der Waals surface area contributed by atoms with Gasteiger partial charge in [-0.1, -0.05) is 0 Å². The monoisotopic (exact) mass is 214 g/mol. The van der Waals surface area contributed by atoms with Crippen LogP contribution in [-0.4, -0.2) is 51.5 Å². The maximum absolute atomic E-state index is 9.96. The fourth-order valence-corrected chi connectivity index (χ4v) is 0.824. The highest BCUT2D eigenvalue weighted by atomic mass is 32.2. The van der Waals surface area contributed by atoms with Crippen LogP contribution in [0.2, 0.25) is 0 Å². The van der Waals surface area contributed by atoms with Crippen molar-refractivity contribution in [1.82, 2.24) is 0 Å². The van der Waals surface area contributed by atoms with Crippen molar-refractivity contribution < 1.29 is 27.9 Å². The second-order valence-electron chi connectivity index (χ2n) is 2.30. The molecule has 13 heavy (non-hydrogen) atoms. The summed E-state index contributed by atoms with van der Waals surface area (Å²) in [6, 6.07) is 0. The third kappa shape index (κ3) is 9.87. The first kappa shape index (κ1) is 12.9. The van der Waals surface area contributed by atoms with Gasteiger partial charge in [-0.05, 0) is 6.42 Å². The Labute approximate surface area is 79.0 Å². The molecule has 80 valence electrons. The van der Waals surface area contributed by atoms with Crippen molar-refractivity contribution in [3.8, 4) is 0 Å². The maximum atomic E-state index is 9.96. The van der Waals surface area contributed by atoms with Crippen LogP contribution in [0.3, 0.4) is 0 Å². The summed E-state index contributed by atoms with van der Waals surface area (Å²) in [4.78, 5) is 0. The summed E-state index contributed by atoms with van der Waals surface area (Å²) >= 11 is -2.23. The van der Waals surface area contributed by atoms with E-state index >= 15 is 0 Å². The molecule has 0 aromatic rings. The van der Waals surface area contributed by atoms with Crippen LogP contribution >= 0.6 is 0 Å². The Hall–Kier alpha value is -0.0500. The molecule has 0 radical (unpaired) electrons. The minimum atomic E-state index is -2.23. The normalized spacial score (nSPS) is 15.6. The van der Waals surface area contributed by atoms with Crippen LogP contribution in [0, 0.1) is 0 Å². The zero-order valence-electron chi connectivity index (χ0n) is 7.09. The van der Waals surface area contributed by atoms with Crippen molar-refractivity contribution in [2.75, 3.05) is 26.4 Å². The molecule has 0 saturated heterocycles. The molecule has 2 unspecified atom stereocenters. The highest BCUT2D eigenvalue weighted by Gasteiger charge is 2.00. The molecule has 3 N–H and O–H groups in total. The lowest BCUT2D eigenvalue weighted by Gasteiger charge is -2.07. The van der Waals surface area contributed by atoms with Gasteiger partial charge in [0.05, 0.1) is 19.8 Å². The van der Waals surface area contributed by atoms with E-state index in [0.29, 0.717) is 13.0 Å². The van der Waals surface area contributed by atoms with Gasteiger partial charge in [-0.2, -0.15) is 4.21 Å². The molecule has 0 aromatic heterocycles. The van der Waals surface area contributed by atoms with E-state index in [1.54, 1.807) is 0 Å². The van der Waals surface area contributed by atoms with Gasteiger partial charge in [0, 0.05) is 6.61 Å². The third-order valence-electron chi connectivity index (χ3n) is 1.14. The second kappa shape index (κ2) is 8.54. The summed E-state index contributed by atoms with van der Waals surface area (Å²) in [7, 11) is 0. The molecule has 7 heteroatoms. The van der Waals surface area contributed by atoms with Gasteiger partial charge in [-0.25, -0.2) is 0 Å². The third-order valence-corrected chi connectivity index (χ3v) is 1.51. The molecule has 0 aliphatic heterocycles. The summed E-state index contributed by atoms with van der Waals surface area (Å²) in [5.74, 6) is 0. The summed E-state index contributed by atoms with van der Waals surface area (Å²) in [6.45, 7) is 0.155. The summed E-state index contributed by atoms with van der Waals surface area (Å²) < 4.78 is 27.3. The number of ether oxygens (including phenoxy) is 1. The minimum absolute atomic E-state index is 0.0543. The standard InChI is InChI=1S/C6H14O6S/c7-4-6(8)5-11-2-1-3-12-13(9)10/h6-8H,1-5H2,(H,9,10). The predicted molar refractivity (Wildman–Crippen MR) is 45.3 cm³/mol. The van der Waals surface area contributed by atoms with E-state index in [1.807, 2.05) is 0 Å². The van der Waals surface area contributed by atoms with Crippen LogP contribution in [0.5, 0.6) is 0 Å². The molecule has 0 heterocycles. The van der Waals surface area contributed by atoms with Crippen LogP contribution in [0.15, 0.2) is 0 Å². The lowest BCUT2D eigenvalue weighted by Crippen LogP contribution is -2.20. The SMILES string of the molecule is O=S(O)OCCCOCC(O)CO. The average molecular weight is 214 g/mol. The Morgan fingerprint density at radius 1 is 1.38 bits per heavy atom. The topological polar surface area (TPSA) is 96.2 Å². The molecule has 2 atom stereocenters. The molecule has 0 saturated carbocycles. The molecule has 0 fully saturated rings. The van der Waals surface area contributed by atoms with Gasteiger partial charge in [0.1, 0.15) is 6.10 Å². The molecule has 0 aromatic carbocycles. The van der Waals surface area contributed by atoms with E-state index < -0.39 is 17.5 Å². The van der Waals surface area contributed by atoms with Gasteiger partial charge in [-0.3, -0.25) is 8.74 Å². The molecule has 0 aliphatic rings.